The Labute approximate surface area is 112 Å². The second-order valence-electron chi connectivity index (χ2n) is 4.48. The first-order valence-electron chi connectivity index (χ1n) is 6.46. The third kappa shape index (κ3) is 3.38. The molecule has 0 aliphatic carbocycles. The van der Waals surface area contributed by atoms with Crippen LogP contribution in [-0.4, -0.2) is 6.54 Å². The number of benzene rings is 2. The van der Waals surface area contributed by atoms with Crippen molar-refractivity contribution in [2.24, 2.45) is 0 Å². The minimum atomic E-state index is -0.813. The number of halogens is 2. The second kappa shape index (κ2) is 6.43. The highest BCUT2D eigenvalue weighted by Crippen LogP contribution is 2.25. The molecule has 0 aliphatic heterocycles. The highest BCUT2D eigenvalue weighted by atomic mass is 19.2. The molecule has 0 spiro atoms. The van der Waals surface area contributed by atoms with Gasteiger partial charge in [-0.05, 0) is 36.2 Å². The predicted molar refractivity (Wildman–Crippen MR) is 73.8 cm³/mol. The third-order valence-corrected chi connectivity index (χ3v) is 2.95. The molecule has 100 valence electrons. The van der Waals surface area contributed by atoms with E-state index in [2.05, 4.69) is 12.2 Å². The summed E-state index contributed by atoms with van der Waals surface area (Å²) in [6.07, 6.45) is 1.07. The van der Waals surface area contributed by atoms with Crippen molar-refractivity contribution < 1.29 is 8.78 Å². The molecule has 0 heterocycles. The van der Waals surface area contributed by atoms with E-state index in [4.69, 9.17) is 0 Å². The Kier molecular flexibility index (Phi) is 4.63. The molecular weight excluding hydrogens is 244 g/mol. The zero-order chi connectivity index (χ0) is 13.7. The molecule has 0 atom stereocenters. The van der Waals surface area contributed by atoms with E-state index < -0.39 is 11.6 Å². The van der Waals surface area contributed by atoms with Crippen molar-refractivity contribution in [3.8, 4) is 11.1 Å². The van der Waals surface area contributed by atoms with Gasteiger partial charge in [-0.2, -0.15) is 0 Å². The molecular formula is C16H17F2N. The van der Waals surface area contributed by atoms with Gasteiger partial charge in [0.05, 0.1) is 0 Å². The van der Waals surface area contributed by atoms with Crippen LogP contribution < -0.4 is 5.32 Å². The van der Waals surface area contributed by atoms with Crippen molar-refractivity contribution in [2.75, 3.05) is 6.54 Å². The van der Waals surface area contributed by atoms with Crippen molar-refractivity contribution in [1.82, 2.24) is 5.32 Å². The summed E-state index contributed by atoms with van der Waals surface area (Å²) in [6.45, 7) is 3.78. The van der Waals surface area contributed by atoms with Crippen molar-refractivity contribution in [1.29, 1.82) is 0 Å². The summed E-state index contributed by atoms with van der Waals surface area (Å²) in [4.78, 5) is 0. The number of nitrogens with one attached hydrogen (secondary N) is 1. The molecule has 0 saturated heterocycles. The van der Waals surface area contributed by atoms with Crippen molar-refractivity contribution in [3.63, 3.8) is 0 Å². The predicted octanol–water partition coefficient (Wildman–Crippen LogP) is 4.13. The molecule has 0 aliphatic rings. The fraction of sp³-hybridized carbons (Fsp3) is 0.250. The maximum absolute atomic E-state index is 13.7. The van der Waals surface area contributed by atoms with Crippen LogP contribution in [0.5, 0.6) is 0 Å². The molecule has 2 rings (SSSR count). The first-order valence-corrected chi connectivity index (χ1v) is 6.46. The Bertz CT molecular complexity index is 552. The summed E-state index contributed by atoms with van der Waals surface area (Å²) in [6, 6.07) is 11.8. The van der Waals surface area contributed by atoms with E-state index in [1.807, 2.05) is 18.2 Å². The van der Waals surface area contributed by atoms with Crippen LogP contribution in [0, 0.1) is 11.6 Å². The number of hydrogen-bond acceptors (Lipinski definition) is 1. The minimum Gasteiger partial charge on any atom is -0.313 e. The summed E-state index contributed by atoms with van der Waals surface area (Å²) in [5.41, 5.74) is 2.07. The van der Waals surface area contributed by atoms with Crippen LogP contribution in [0.25, 0.3) is 11.1 Å². The van der Waals surface area contributed by atoms with E-state index >= 15 is 0 Å². The Morgan fingerprint density at radius 3 is 2.63 bits per heavy atom. The van der Waals surface area contributed by atoms with Crippen LogP contribution in [0.2, 0.25) is 0 Å². The van der Waals surface area contributed by atoms with E-state index in [1.54, 1.807) is 12.1 Å². The lowest BCUT2D eigenvalue weighted by Gasteiger charge is -2.08. The van der Waals surface area contributed by atoms with Gasteiger partial charge in [-0.3, -0.25) is 0 Å². The van der Waals surface area contributed by atoms with Crippen molar-refractivity contribution in [3.05, 3.63) is 59.7 Å². The molecule has 0 unspecified atom stereocenters. The van der Waals surface area contributed by atoms with Crippen LogP contribution >= 0.6 is 0 Å². The fourth-order valence-electron chi connectivity index (χ4n) is 1.99. The van der Waals surface area contributed by atoms with Gasteiger partial charge in [0.15, 0.2) is 11.6 Å². The second-order valence-corrected chi connectivity index (χ2v) is 4.48. The van der Waals surface area contributed by atoms with E-state index in [0.717, 1.165) is 31.1 Å². The normalized spacial score (nSPS) is 10.7. The van der Waals surface area contributed by atoms with E-state index in [0.29, 0.717) is 11.1 Å². The lowest BCUT2D eigenvalue weighted by Crippen LogP contribution is -2.13. The van der Waals surface area contributed by atoms with Gasteiger partial charge in [-0.1, -0.05) is 37.3 Å². The quantitative estimate of drug-likeness (QED) is 0.798. The van der Waals surface area contributed by atoms with Gasteiger partial charge in [-0.25, -0.2) is 8.78 Å². The molecule has 19 heavy (non-hydrogen) atoms. The topological polar surface area (TPSA) is 12.0 Å². The zero-order valence-corrected chi connectivity index (χ0v) is 10.9. The third-order valence-electron chi connectivity index (χ3n) is 2.95. The van der Waals surface area contributed by atoms with Gasteiger partial charge in [0.1, 0.15) is 0 Å². The van der Waals surface area contributed by atoms with Gasteiger partial charge in [-0.15, -0.1) is 0 Å². The number of hydrogen-bond donors (Lipinski definition) is 1. The Morgan fingerprint density at radius 2 is 1.84 bits per heavy atom. The van der Waals surface area contributed by atoms with Crippen LogP contribution in [0.1, 0.15) is 18.9 Å². The van der Waals surface area contributed by atoms with E-state index in [1.165, 1.54) is 6.07 Å². The first kappa shape index (κ1) is 13.7. The highest BCUT2D eigenvalue weighted by molar-refractivity contribution is 5.64. The number of rotatable bonds is 5. The molecule has 0 saturated carbocycles. The fourth-order valence-corrected chi connectivity index (χ4v) is 1.99. The average Bonchev–Trinajstić information content (AvgIpc) is 2.43. The summed E-state index contributed by atoms with van der Waals surface area (Å²) in [5.74, 6) is -1.60. The van der Waals surface area contributed by atoms with Crippen molar-refractivity contribution >= 4 is 0 Å². The van der Waals surface area contributed by atoms with Gasteiger partial charge >= 0.3 is 0 Å². The van der Waals surface area contributed by atoms with Gasteiger partial charge in [0.2, 0.25) is 0 Å². The molecule has 2 aromatic carbocycles. The Hall–Kier alpha value is -1.74. The van der Waals surface area contributed by atoms with Gasteiger partial charge in [0.25, 0.3) is 0 Å². The zero-order valence-electron chi connectivity index (χ0n) is 10.9. The highest BCUT2D eigenvalue weighted by Gasteiger charge is 2.09. The molecule has 1 N–H and O–H groups in total. The van der Waals surface area contributed by atoms with Crippen LogP contribution in [0.15, 0.2) is 42.5 Å². The lowest BCUT2D eigenvalue weighted by atomic mass is 10.0. The monoisotopic (exact) mass is 261 g/mol. The van der Waals surface area contributed by atoms with Crippen LogP contribution in [0.4, 0.5) is 8.78 Å². The molecule has 1 nitrogen and oxygen atoms in total. The molecule has 0 radical (unpaired) electrons. The van der Waals surface area contributed by atoms with Gasteiger partial charge < -0.3 is 5.32 Å². The first-order chi connectivity index (χ1) is 9.22. The summed E-state index contributed by atoms with van der Waals surface area (Å²) >= 11 is 0. The SMILES string of the molecule is CCCNCc1cccc(-c2cccc(F)c2F)c1. The maximum Gasteiger partial charge on any atom is 0.166 e. The van der Waals surface area contributed by atoms with E-state index in [-0.39, 0.29) is 0 Å². The lowest BCUT2D eigenvalue weighted by molar-refractivity contribution is 0.511. The Balaban J connectivity index is 2.25. The molecule has 0 aromatic heterocycles. The summed E-state index contributed by atoms with van der Waals surface area (Å²) in [7, 11) is 0. The van der Waals surface area contributed by atoms with Gasteiger partial charge in [0, 0.05) is 12.1 Å². The molecule has 2 aromatic rings. The average molecular weight is 261 g/mol. The molecule has 0 bridgehead atoms. The van der Waals surface area contributed by atoms with Crippen LogP contribution in [0.3, 0.4) is 0 Å². The standard InChI is InChI=1S/C16H17F2N/c1-2-9-19-11-12-5-3-6-13(10-12)14-7-4-8-15(17)16(14)18/h3-8,10,19H,2,9,11H2,1H3. The Morgan fingerprint density at radius 1 is 1.05 bits per heavy atom. The molecule has 0 fully saturated rings. The molecule has 0 amide bonds. The summed E-state index contributed by atoms with van der Waals surface area (Å²) < 4.78 is 27.0. The maximum atomic E-state index is 13.7. The van der Waals surface area contributed by atoms with E-state index in [9.17, 15) is 8.78 Å². The smallest absolute Gasteiger partial charge is 0.166 e. The van der Waals surface area contributed by atoms with Crippen molar-refractivity contribution in [2.45, 2.75) is 19.9 Å². The molecule has 3 heteroatoms. The summed E-state index contributed by atoms with van der Waals surface area (Å²) in [5, 5.41) is 3.29. The minimum absolute atomic E-state index is 0.303. The van der Waals surface area contributed by atoms with Crippen LogP contribution in [-0.2, 0) is 6.54 Å². The largest absolute Gasteiger partial charge is 0.313 e.